The van der Waals surface area contributed by atoms with Crippen LogP contribution in [-0.4, -0.2) is 45.0 Å². The van der Waals surface area contributed by atoms with E-state index in [1.807, 2.05) is 24.3 Å². The van der Waals surface area contributed by atoms with Crippen molar-refractivity contribution in [2.24, 2.45) is 11.0 Å². The molecule has 1 heterocycles. The zero-order chi connectivity index (χ0) is 20.0. The molecular weight excluding hydrogens is 378 g/mol. The van der Waals surface area contributed by atoms with Gasteiger partial charge in [0.2, 0.25) is 15.9 Å². The first kappa shape index (κ1) is 20.0. The Morgan fingerprint density at radius 1 is 1.11 bits per heavy atom. The van der Waals surface area contributed by atoms with Gasteiger partial charge in [0.1, 0.15) is 5.75 Å². The number of carbonyl (C=O) groups excluding carboxylic acids is 1. The van der Waals surface area contributed by atoms with E-state index in [2.05, 4.69) is 10.5 Å². The summed E-state index contributed by atoms with van der Waals surface area (Å²) in [5, 5.41) is 3.99. The Labute approximate surface area is 165 Å². The molecule has 148 valence electrons. The summed E-state index contributed by atoms with van der Waals surface area (Å²) in [4.78, 5) is 12.6. The minimum Gasteiger partial charge on any atom is -0.497 e. The molecule has 0 unspecified atom stereocenters. The van der Waals surface area contributed by atoms with E-state index < -0.39 is 10.0 Å². The van der Waals surface area contributed by atoms with Crippen LogP contribution in [0, 0.1) is 5.92 Å². The van der Waals surface area contributed by atoms with Gasteiger partial charge in [-0.1, -0.05) is 18.2 Å². The molecule has 1 amide bonds. The molecule has 1 saturated heterocycles. The Bertz CT molecular complexity index is 920. The van der Waals surface area contributed by atoms with E-state index in [4.69, 9.17) is 4.74 Å². The first-order chi connectivity index (χ1) is 13.5. The van der Waals surface area contributed by atoms with E-state index in [1.54, 1.807) is 43.7 Å². The van der Waals surface area contributed by atoms with E-state index >= 15 is 0 Å². The molecule has 1 N–H and O–H groups in total. The predicted molar refractivity (Wildman–Crippen MR) is 107 cm³/mol. The molecule has 3 rings (SSSR count). The number of rotatable bonds is 6. The number of hydrogen-bond acceptors (Lipinski definition) is 5. The first-order valence-electron chi connectivity index (χ1n) is 9.03. The van der Waals surface area contributed by atoms with Crippen LogP contribution in [0.5, 0.6) is 5.75 Å². The number of carbonyl (C=O) groups is 1. The topological polar surface area (TPSA) is 88.1 Å². The monoisotopic (exact) mass is 401 g/mol. The van der Waals surface area contributed by atoms with Crippen LogP contribution >= 0.6 is 0 Å². The van der Waals surface area contributed by atoms with Gasteiger partial charge in [-0.25, -0.2) is 13.8 Å². The third kappa shape index (κ3) is 4.76. The maximum Gasteiger partial charge on any atom is 0.243 e. The minimum absolute atomic E-state index is 0.193. The highest BCUT2D eigenvalue weighted by Crippen LogP contribution is 2.23. The van der Waals surface area contributed by atoms with Gasteiger partial charge in [-0.3, -0.25) is 4.79 Å². The van der Waals surface area contributed by atoms with E-state index in [0.29, 0.717) is 25.9 Å². The van der Waals surface area contributed by atoms with Crippen molar-refractivity contribution in [3.8, 4) is 5.75 Å². The molecule has 7 nitrogen and oxygen atoms in total. The molecule has 0 aromatic heterocycles. The van der Waals surface area contributed by atoms with Gasteiger partial charge < -0.3 is 4.74 Å². The van der Waals surface area contributed by atoms with E-state index in [9.17, 15) is 13.2 Å². The number of sulfonamides is 1. The molecule has 1 fully saturated rings. The lowest BCUT2D eigenvalue weighted by molar-refractivity contribution is -0.126. The fourth-order valence-electron chi connectivity index (χ4n) is 3.05. The summed E-state index contributed by atoms with van der Waals surface area (Å²) >= 11 is 0. The Hall–Kier alpha value is -2.71. The van der Waals surface area contributed by atoms with Crippen molar-refractivity contribution in [1.82, 2.24) is 9.73 Å². The maximum absolute atomic E-state index is 12.6. The molecule has 28 heavy (non-hydrogen) atoms. The van der Waals surface area contributed by atoms with Crippen molar-refractivity contribution < 1.29 is 17.9 Å². The normalized spacial score (nSPS) is 16.2. The summed E-state index contributed by atoms with van der Waals surface area (Å²) in [6.45, 7) is 0.634. The van der Waals surface area contributed by atoms with Crippen LogP contribution in [0.3, 0.4) is 0 Å². The van der Waals surface area contributed by atoms with Crippen LogP contribution in [0.15, 0.2) is 64.6 Å². The van der Waals surface area contributed by atoms with Gasteiger partial charge in [-0.05, 0) is 54.8 Å². The van der Waals surface area contributed by atoms with E-state index in [-0.39, 0.29) is 16.7 Å². The summed E-state index contributed by atoms with van der Waals surface area (Å²) in [6, 6.07) is 15.6. The molecule has 0 bridgehead atoms. The van der Waals surface area contributed by atoms with Crippen molar-refractivity contribution >= 4 is 22.1 Å². The lowest BCUT2D eigenvalue weighted by Gasteiger charge is -2.30. The van der Waals surface area contributed by atoms with Gasteiger partial charge in [0.05, 0.1) is 18.2 Å². The van der Waals surface area contributed by atoms with Crippen LogP contribution in [0.25, 0.3) is 0 Å². The fourth-order valence-corrected chi connectivity index (χ4v) is 4.54. The summed E-state index contributed by atoms with van der Waals surface area (Å²) in [7, 11) is -1.91. The summed E-state index contributed by atoms with van der Waals surface area (Å²) < 4.78 is 31.8. The van der Waals surface area contributed by atoms with Crippen molar-refractivity contribution in [3.63, 3.8) is 0 Å². The smallest absolute Gasteiger partial charge is 0.243 e. The number of amides is 1. The number of piperidine rings is 1. The van der Waals surface area contributed by atoms with Crippen molar-refractivity contribution in [3.05, 3.63) is 60.2 Å². The molecule has 1 aliphatic heterocycles. The van der Waals surface area contributed by atoms with Crippen LogP contribution in [0.4, 0.5) is 0 Å². The lowest BCUT2D eigenvalue weighted by Crippen LogP contribution is -2.42. The van der Waals surface area contributed by atoms with Crippen molar-refractivity contribution in [1.29, 1.82) is 0 Å². The zero-order valence-electron chi connectivity index (χ0n) is 15.6. The summed E-state index contributed by atoms with van der Waals surface area (Å²) in [5.74, 6) is 0.301. The molecular formula is C20H23N3O4S. The Balaban J connectivity index is 1.51. The van der Waals surface area contributed by atoms with Gasteiger partial charge in [0, 0.05) is 19.0 Å². The number of nitrogens with one attached hydrogen (secondary N) is 1. The summed E-state index contributed by atoms with van der Waals surface area (Å²) in [6.07, 6.45) is 2.50. The molecule has 0 atom stereocenters. The average molecular weight is 401 g/mol. The van der Waals surface area contributed by atoms with Crippen LogP contribution in [0.2, 0.25) is 0 Å². The van der Waals surface area contributed by atoms with Gasteiger partial charge >= 0.3 is 0 Å². The Morgan fingerprint density at radius 2 is 1.75 bits per heavy atom. The lowest BCUT2D eigenvalue weighted by atomic mass is 9.98. The Morgan fingerprint density at radius 3 is 2.36 bits per heavy atom. The molecule has 0 saturated carbocycles. The molecule has 2 aromatic rings. The summed E-state index contributed by atoms with van der Waals surface area (Å²) in [5.41, 5.74) is 3.38. The van der Waals surface area contributed by atoms with Crippen LogP contribution in [-0.2, 0) is 14.8 Å². The highest BCUT2D eigenvalue weighted by atomic mass is 32.2. The number of benzene rings is 2. The second kappa shape index (κ2) is 8.99. The largest absolute Gasteiger partial charge is 0.497 e. The molecule has 2 aromatic carbocycles. The van der Waals surface area contributed by atoms with E-state index in [1.165, 1.54) is 4.31 Å². The zero-order valence-corrected chi connectivity index (χ0v) is 16.4. The minimum atomic E-state index is -3.51. The highest BCUT2D eigenvalue weighted by Gasteiger charge is 2.31. The first-order valence-corrected chi connectivity index (χ1v) is 10.5. The SMILES string of the molecule is COc1ccc(/C=N\NC(=O)C2CCN(S(=O)(=O)c3ccccc3)CC2)cc1. The van der Waals surface area contributed by atoms with Crippen molar-refractivity contribution in [2.75, 3.05) is 20.2 Å². The van der Waals surface area contributed by atoms with Gasteiger partial charge in [0.25, 0.3) is 0 Å². The maximum atomic E-state index is 12.6. The molecule has 1 aliphatic rings. The molecule has 0 aliphatic carbocycles. The number of hydrazone groups is 1. The number of ether oxygens (including phenoxy) is 1. The average Bonchev–Trinajstić information content (AvgIpc) is 2.75. The van der Waals surface area contributed by atoms with Gasteiger partial charge in [0.15, 0.2) is 0 Å². The molecule has 8 heteroatoms. The fraction of sp³-hybridized carbons (Fsp3) is 0.300. The van der Waals surface area contributed by atoms with E-state index in [0.717, 1.165) is 11.3 Å². The molecule has 0 spiro atoms. The quantitative estimate of drug-likeness (QED) is 0.594. The second-order valence-electron chi connectivity index (χ2n) is 6.50. The number of methoxy groups -OCH3 is 1. The van der Waals surface area contributed by atoms with Gasteiger partial charge in [-0.2, -0.15) is 9.41 Å². The molecule has 0 radical (unpaired) electrons. The number of hydrogen-bond donors (Lipinski definition) is 1. The standard InChI is InChI=1S/C20H23N3O4S/c1-27-18-9-7-16(8-10-18)15-21-22-20(24)17-11-13-23(14-12-17)28(25,26)19-5-3-2-4-6-19/h2-10,15,17H,11-14H2,1H3,(H,22,24)/b21-15-. The second-order valence-corrected chi connectivity index (χ2v) is 8.44. The third-order valence-electron chi connectivity index (χ3n) is 4.71. The highest BCUT2D eigenvalue weighted by molar-refractivity contribution is 7.89. The Kier molecular flexibility index (Phi) is 6.43. The van der Waals surface area contributed by atoms with Crippen LogP contribution < -0.4 is 10.2 Å². The van der Waals surface area contributed by atoms with Gasteiger partial charge in [-0.15, -0.1) is 0 Å². The van der Waals surface area contributed by atoms with Crippen LogP contribution in [0.1, 0.15) is 18.4 Å². The number of nitrogens with zero attached hydrogens (tertiary/aromatic N) is 2. The third-order valence-corrected chi connectivity index (χ3v) is 6.62. The predicted octanol–water partition coefficient (Wildman–Crippen LogP) is 2.25. The van der Waals surface area contributed by atoms with Crippen molar-refractivity contribution in [2.45, 2.75) is 17.7 Å².